The lowest BCUT2D eigenvalue weighted by molar-refractivity contribution is -0.148. The van der Waals surface area contributed by atoms with E-state index < -0.39 is 66.2 Å². The summed E-state index contributed by atoms with van der Waals surface area (Å²) in [4.78, 5) is 82.0. The van der Waals surface area contributed by atoms with Crippen LogP contribution in [0.15, 0.2) is 120 Å². The number of ether oxygens (including phenoxy) is 1. The molecule has 0 saturated carbocycles. The van der Waals surface area contributed by atoms with Crippen molar-refractivity contribution >= 4 is 47.3 Å². The van der Waals surface area contributed by atoms with Gasteiger partial charge in [-0.3, -0.25) is 24.0 Å². The molecule has 2 aliphatic heterocycles. The number of allylic oxidation sites excluding steroid dienone is 4. The molecule has 14 heteroatoms. The van der Waals surface area contributed by atoms with Gasteiger partial charge in [0.25, 0.3) is 5.91 Å². The predicted molar refractivity (Wildman–Crippen MR) is 238 cm³/mol. The normalized spacial score (nSPS) is 19.4. The van der Waals surface area contributed by atoms with Crippen molar-refractivity contribution in [2.75, 3.05) is 19.7 Å². The van der Waals surface area contributed by atoms with Crippen molar-refractivity contribution in [3.63, 3.8) is 0 Å². The van der Waals surface area contributed by atoms with Crippen LogP contribution in [0.4, 0.5) is 0 Å². The molecule has 0 bridgehead atoms. The number of nitrogens with one attached hydrogen (secondary N) is 4. The third kappa shape index (κ3) is 13.4. The van der Waals surface area contributed by atoms with Gasteiger partial charge in [0.1, 0.15) is 29.9 Å². The Hall–Kier alpha value is -6.15. The van der Waals surface area contributed by atoms with E-state index in [9.17, 15) is 33.9 Å². The fourth-order valence-corrected chi connectivity index (χ4v) is 8.63. The molecule has 6 atom stereocenters. The summed E-state index contributed by atoms with van der Waals surface area (Å²) in [5.74, 6) is -2.98. The summed E-state index contributed by atoms with van der Waals surface area (Å²) in [6, 6.07) is 22.6. The summed E-state index contributed by atoms with van der Waals surface area (Å²) in [5, 5.41) is 22.8. The Kier molecular flexibility index (Phi) is 16.6. The fraction of sp³-hybridized carbons (Fsp3) is 0.375. The number of benzene rings is 3. The molecule has 5 N–H and O–H groups in total. The zero-order valence-electron chi connectivity index (χ0n) is 34.9. The SMILES string of the molecule is CC1C=CC(OCC(=O)N[C@H](CC2CC=CS2)C(=O)N[C@@H](Cc2ccc(-c3ccccc3)cc2)C(=O)N[C@H](CCc2ccccc2)C(=O)NCC(=O)N2CCC[C@H]2C(=O)O)=CC1. The van der Waals surface area contributed by atoms with Gasteiger partial charge in [-0.15, -0.1) is 11.8 Å². The van der Waals surface area contributed by atoms with Gasteiger partial charge in [0, 0.05) is 18.2 Å². The van der Waals surface area contributed by atoms with E-state index in [4.69, 9.17) is 4.74 Å². The molecule has 3 aromatic rings. The van der Waals surface area contributed by atoms with Crippen molar-refractivity contribution in [3.05, 3.63) is 132 Å². The van der Waals surface area contributed by atoms with Crippen LogP contribution >= 0.6 is 11.8 Å². The minimum Gasteiger partial charge on any atom is -0.484 e. The zero-order chi connectivity index (χ0) is 43.8. The lowest BCUT2D eigenvalue weighted by Gasteiger charge is -2.27. The van der Waals surface area contributed by atoms with E-state index in [1.807, 2.05) is 115 Å². The molecule has 2 heterocycles. The second-order valence-electron chi connectivity index (χ2n) is 15.9. The van der Waals surface area contributed by atoms with Crippen LogP contribution in [0.1, 0.15) is 56.6 Å². The molecule has 3 aliphatic rings. The average molecular weight is 862 g/mol. The summed E-state index contributed by atoms with van der Waals surface area (Å²) in [6.45, 7) is 1.62. The number of aliphatic carboxylic acids is 1. The first-order valence-electron chi connectivity index (χ1n) is 21.2. The van der Waals surface area contributed by atoms with E-state index in [2.05, 4.69) is 28.2 Å². The Balaban J connectivity index is 1.20. The van der Waals surface area contributed by atoms with Gasteiger partial charge in [0.2, 0.25) is 23.6 Å². The maximum atomic E-state index is 14.5. The van der Waals surface area contributed by atoms with Gasteiger partial charge >= 0.3 is 5.97 Å². The Bertz CT molecular complexity index is 2120. The van der Waals surface area contributed by atoms with E-state index in [0.717, 1.165) is 28.7 Å². The number of carbonyl (C=O) groups is 6. The number of rotatable bonds is 20. The third-order valence-electron chi connectivity index (χ3n) is 11.2. The molecule has 3 aromatic carbocycles. The molecule has 1 aliphatic carbocycles. The lowest BCUT2D eigenvalue weighted by Crippen LogP contribution is -2.58. The highest BCUT2D eigenvalue weighted by Gasteiger charge is 2.35. The number of nitrogens with zero attached hydrogens (tertiary/aromatic N) is 1. The number of hydrogen-bond donors (Lipinski definition) is 5. The minimum atomic E-state index is -1.18. The highest BCUT2D eigenvalue weighted by atomic mass is 32.2. The summed E-state index contributed by atoms with van der Waals surface area (Å²) >= 11 is 1.57. The molecule has 0 radical (unpaired) electrons. The van der Waals surface area contributed by atoms with Crippen molar-refractivity contribution in [3.8, 4) is 11.1 Å². The lowest BCUT2D eigenvalue weighted by atomic mass is 9.99. The number of carboxylic acid groups (broad SMARTS) is 1. The van der Waals surface area contributed by atoms with E-state index >= 15 is 0 Å². The van der Waals surface area contributed by atoms with Crippen LogP contribution in [0.3, 0.4) is 0 Å². The number of likely N-dealkylation sites (tertiary alicyclic amines) is 1. The second-order valence-corrected chi connectivity index (χ2v) is 17.1. The molecule has 13 nitrogen and oxygen atoms in total. The molecule has 1 saturated heterocycles. The first-order valence-corrected chi connectivity index (χ1v) is 22.2. The van der Waals surface area contributed by atoms with Crippen molar-refractivity contribution in [2.45, 2.75) is 87.7 Å². The Morgan fingerprint density at radius 2 is 1.50 bits per heavy atom. The van der Waals surface area contributed by atoms with Crippen LogP contribution in [-0.4, -0.2) is 94.6 Å². The molecule has 2 unspecified atom stereocenters. The third-order valence-corrected chi connectivity index (χ3v) is 12.3. The molecular formula is C48H55N5O8S. The molecule has 1 fully saturated rings. The average Bonchev–Trinajstić information content (AvgIpc) is 4.01. The maximum Gasteiger partial charge on any atom is 0.326 e. The first-order chi connectivity index (χ1) is 30.0. The molecule has 326 valence electrons. The highest BCUT2D eigenvalue weighted by molar-refractivity contribution is 8.03. The van der Waals surface area contributed by atoms with Crippen molar-refractivity contribution < 1.29 is 38.6 Å². The molecule has 0 spiro atoms. The van der Waals surface area contributed by atoms with Gasteiger partial charge in [-0.05, 0) is 90.7 Å². The molecule has 0 aromatic heterocycles. The smallest absolute Gasteiger partial charge is 0.326 e. The topological polar surface area (TPSA) is 183 Å². The Labute approximate surface area is 366 Å². The molecule has 62 heavy (non-hydrogen) atoms. The van der Waals surface area contributed by atoms with Crippen LogP contribution < -0.4 is 21.3 Å². The monoisotopic (exact) mass is 861 g/mol. The van der Waals surface area contributed by atoms with Gasteiger partial charge in [-0.25, -0.2) is 4.79 Å². The summed E-state index contributed by atoms with van der Waals surface area (Å²) in [5.41, 5.74) is 3.65. The highest BCUT2D eigenvalue weighted by Crippen LogP contribution is 2.28. The van der Waals surface area contributed by atoms with Crippen LogP contribution in [-0.2, 0) is 46.3 Å². The number of carbonyl (C=O) groups excluding carboxylic acids is 5. The first kappa shape index (κ1) is 45.4. The van der Waals surface area contributed by atoms with Crippen molar-refractivity contribution in [1.82, 2.24) is 26.2 Å². The zero-order valence-corrected chi connectivity index (χ0v) is 35.7. The van der Waals surface area contributed by atoms with Crippen molar-refractivity contribution in [1.29, 1.82) is 0 Å². The number of thioether (sulfide) groups is 1. The quantitative estimate of drug-likeness (QED) is 0.104. The van der Waals surface area contributed by atoms with E-state index in [-0.39, 0.29) is 31.2 Å². The maximum absolute atomic E-state index is 14.5. The van der Waals surface area contributed by atoms with E-state index in [0.29, 0.717) is 43.8 Å². The molecule has 6 rings (SSSR count). The van der Waals surface area contributed by atoms with Gasteiger partial charge in [0.15, 0.2) is 6.61 Å². The van der Waals surface area contributed by atoms with Crippen LogP contribution in [0.2, 0.25) is 0 Å². The standard InChI is InChI=1S/C48H55N5O8S/c1-32-16-23-37(24-17-32)61-31-43(54)50-41(29-38-14-9-27-62-38)47(58)52-40(28-34-18-21-36(22-19-34)35-12-6-3-7-13-35)46(57)51-39(25-20-33-10-4-2-5-11-33)45(56)49-30-44(55)53-26-8-15-42(53)48(59)60/h2-7,9-13,16,18-19,21-24,27,32,38-42H,8,14-15,17,20,25-26,28-31H2,1H3,(H,49,56)(H,50,54)(H,51,57)(H,52,58)(H,59,60)/t32?,38?,39-,40+,41-,42+/m1/s1. The Morgan fingerprint density at radius 3 is 2.18 bits per heavy atom. The number of carboxylic acids is 1. The van der Waals surface area contributed by atoms with Gasteiger partial charge in [0.05, 0.1) is 6.54 Å². The van der Waals surface area contributed by atoms with Crippen LogP contribution in [0.5, 0.6) is 0 Å². The van der Waals surface area contributed by atoms with Gasteiger partial charge in [-0.2, -0.15) is 0 Å². The molecular weight excluding hydrogens is 807 g/mol. The summed E-state index contributed by atoms with van der Waals surface area (Å²) in [6.07, 6.45) is 11.1. The van der Waals surface area contributed by atoms with E-state index in [1.165, 1.54) is 4.90 Å². The van der Waals surface area contributed by atoms with Gasteiger partial charge < -0.3 is 36.0 Å². The van der Waals surface area contributed by atoms with Crippen LogP contribution in [0, 0.1) is 5.92 Å². The van der Waals surface area contributed by atoms with Gasteiger partial charge in [-0.1, -0.05) is 104 Å². The predicted octanol–water partition coefficient (Wildman–Crippen LogP) is 5.08. The molecule has 5 amide bonds. The number of aryl methyl sites for hydroxylation is 1. The van der Waals surface area contributed by atoms with Crippen molar-refractivity contribution in [2.24, 2.45) is 5.92 Å². The summed E-state index contributed by atoms with van der Waals surface area (Å²) < 4.78 is 5.74. The summed E-state index contributed by atoms with van der Waals surface area (Å²) in [7, 11) is 0. The Morgan fingerprint density at radius 1 is 0.806 bits per heavy atom. The van der Waals surface area contributed by atoms with E-state index in [1.54, 1.807) is 11.8 Å². The second kappa shape index (κ2) is 22.6. The largest absolute Gasteiger partial charge is 0.484 e. The van der Waals surface area contributed by atoms with Crippen LogP contribution in [0.25, 0.3) is 11.1 Å². The fourth-order valence-electron chi connectivity index (χ4n) is 7.66. The minimum absolute atomic E-state index is 0.0235. The number of hydrogen-bond acceptors (Lipinski definition) is 8. The number of amides is 5.